The fraction of sp³-hybridized carbons (Fsp3) is 0.538. The van der Waals surface area contributed by atoms with E-state index >= 15 is 0 Å². The van der Waals surface area contributed by atoms with E-state index in [9.17, 15) is 0 Å². The van der Waals surface area contributed by atoms with E-state index in [4.69, 9.17) is 16.3 Å². The maximum absolute atomic E-state index is 6.03. The Morgan fingerprint density at radius 1 is 1.38 bits per heavy atom. The summed E-state index contributed by atoms with van der Waals surface area (Å²) >= 11 is 5.97. The third-order valence-corrected chi connectivity index (χ3v) is 3.06. The second kappa shape index (κ2) is 4.02. The standard InChI is InChI=1S/C13H18ClNO/c1-12(2)9-15-13(3,16-12)8-10-5-4-6-11(14)7-10/h4-7,15H,8-9H2,1-3H3. The van der Waals surface area contributed by atoms with Gasteiger partial charge in [0.05, 0.1) is 5.60 Å². The number of nitrogens with one attached hydrogen (secondary N) is 1. The first-order valence-electron chi connectivity index (χ1n) is 5.58. The summed E-state index contributed by atoms with van der Waals surface area (Å²) in [6, 6.07) is 7.93. The predicted octanol–water partition coefficient (Wildman–Crippen LogP) is 3.00. The fourth-order valence-corrected chi connectivity index (χ4v) is 2.43. The Morgan fingerprint density at radius 3 is 2.69 bits per heavy atom. The molecule has 0 spiro atoms. The molecule has 1 fully saturated rings. The Balaban J connectivity index is 2.10. The average Bonchev–Trinajstić information content (AvgIpc) is 2.40. The van der Waals surface area contributed by atoms with Gasteiger partial charge >= 0.3 is 0 Å². The van der Waals surface area contributed by atoms with Crippen LogP contribution in [0.1, 0.15) is 26.3 Å². The Kier molecular flexibility index (Phi) is 2.99. The Hall–Kier alpha value is -0.570. The third kappa shape index (κ3) is 2.76. The molecule has 0 saturated carbocycles. The van der Waals surface area contributed by atoms with Crippen molar-refractivity contribution in [3.05, 3.63) is 34.9 Å². The summed E-state index contributed by atoms with van der Waals surface area (Å²) in [7, 11) is 0. The topological polar surface area (TPSA) is 21.3 Å². The van der Waals surface area contributed by atoms with Gasteiger partial charge in [0.25, 0.3) is 0 Å². The highest BCUT2D eigenvalue weighted by atomic mass is 35.5. The largest absolute Gasteiger partial charge is 0.353 e. The van der Waals surface area contributed by atoms with Crippen LogP contribution in [0.5, 0.6) is 0 Å². The lowest BCUT2D eigenvalue weighted by atomic mass is 10.0. The molecule has 1 saturated heterocycles. The molecule has 0 bridgehead atoms. The molecule has 0 amide bonds. The highest BCUT2D eigenvalue weighted by Crippen LogP contribution is 2.28. The first-order chi connectivity index (χ1) is 7.39. The molecule has 3 heteroatoms. The molecule has 88 valence electrons. The highest BCUT2D eigenvalue weighted by Gasteiger charge is 2.40. The van der Waals surface area contributed by atoms with E-state index in [-0.39, 0.29) is 11.3 Å². The van der Waals surface area contributed by atoms with Crippen molar-refractivity contribution in [2.45, 2.75) is 38.5 Å². The van der Waals surface area contributed by atoms with Gasteiger partial charge < -0.3 is 4.74 Å². The maximum Gasteiger partial charge on any atom is 0.121 e. The lowest BCUT2D eigenvalue weighted by Crippen LogP contribution is -2.40. The van der Waals surface area contributed by atoms with Crippen molar-refractivity contribution in [1.29, 1.82) is 0 Å². The number of ether oxygens (including phenoxy) is 1. The predicted molar refractivity (Wildman–Crippen MR) is 66.7 cm³/mol. The van der Waals surface area contributed by atoms with Gasteiger partial charge in [-0.1, -0.05) is 23.7 Å². The van der Waals surface area contributed by atoms with Gasteiger partial charge in [0, 0.05) is 18.0 Å². The monoisotopic (exact) mass is 239 g/mol. The van der Waals surface area contributed by atoms with Crippen LogP contribution in [-0.4, -0.2) is 17.9 Å². The molecular weight excluding hydrogens is 222 g/mol. The Bertz CT molecular complexity index is 391. The van der Waals surface area contributed by atoms with Gasteiger partial charge in [-0.25, -0.2) is 0 Å². The maximum atomic E-state index is 6.03. The first-order valence-corrected chi connectivity index (χ1v) is 5.96. The van der Waals surface area contributed by atoms with Crippen LogP contribution in [0.3, 0.4) is 0 Å². The smallest absolute Gasteiger partial charge is 0.121 e. The van der Waals surface area contributed by atoms with E-state index < -0.39 is 0 Å². The summed E-state index contributed by atoms with van der Waals surface area (Å²) in [6.45, 7) is 7.17. The first kappa shape index (κ1) is 11.9. The van der Waals surface area contributed by atoms with Crippen molar-refractivity contribution >= 4 is 11.6 Å². The molecule has 0 aliphatic carbocycles. The van der Waals surface area contributed by atoms with E-state index in [1.807, 2.05) is 18.2 Å². The SMILES string of the molecule is CC1(C)CNC(C)(Cc2cccc(Cl)c2)O1. The molecule has 1 N–H and O–H groups in total. The van der Waals surface area contributed by atoms with Gasteiger partial charge in [-0.3, -0.25) is 5.32 Å². The normalized spacial score (nSPS) is 28.2. The van der Waals surface area contributed by atoms with E-state index in [0.29, 0.717) is 0 Å². The lowest BCUT2D eigenvalue weighted by molar-refractivity contribution is -0.0785. The van der Waals surface area contributed by atoms with Crippen LogP contribution in [-0.2, 0) is 11.2 Å². The number of hydrogen-bond donors (Lipinski definition) is 1. The van der Waals surface area contributed by atoms with Crippen LogP contribution in [0, 0.1) is 0 Å². The van der Waals surface area contributed by atoms with Crippen molar-refractivity contribution < 1.29 is 4.74 Å². The minimum absolute atomic E-state index is 0.0900. The van der Waals surface area contributed by atoms with Crippen LogP contribution in [0.15, 0.2) is 24.3 Å². The second-order valence-corrected chi connectivity index (χ2v) is 5.69. The number of benzene rings is 1. The number of rotatable bonds is 2. The van der Waals surface area contributed by atoms with Crippen LogP contribution in [0.25, 0.3) is 0 Å². The minimum Gasteiger partial charge on any atom is -0.353 e. The zero-order valence-corrected chi connectivity index (χ0v) is 10.8. The quantitative estimate of drug-likeness (QED) is 0.857. The van der Waals surface area contributed by atoms with Gasteiger partial charge in [0.1, 0.15) is 5.72 Å². The summed E-state index contributed by atoms with van der Waals surface area (Å²) < 4.78 is 6.03. The lowest BCUT2D eigenvalue weighted by Gasteiger charge is -2.27. The molecule has 1 heterocycles. The molecule has 1 aliphatic heterocycles. The molecule has 0 radical (unpaired) electrons. The van der Waals surface area contributed by atoms with Crippen molar-refractivity contribution in [3.63, 3.8) is 0 Å². The summed E-state index contributed by atoms with van der Waals surface area (Å²) in [6.07, 6.45) is 0.830. The molecule has 16 heavy (non-hydrogen) atoms. The average molecular weight is 240 g/mol. The second-order valence-electron chi connectivity index (χ2n) is 5.25. The molecule has 0 aromatic heterocycles. The van der Waals surface area contributed by atoms with Crippen LogP contribution < -0.4 is 5.32 Å². The van der Waals surface area contributed by atoms with E-state index in [1.165, 1.54) is 5.56 Å². The van der Waals surface area contributed by atoms with Gasteiger partial charge in [0.15, 0.2) is 0 Å². The zero-order valence-electron chi connectivity index (χ0n) is 10.0. The van der Waals surface area contributed by atoms with Crippen LogP contribution >= 0.6 is 11.6 Å². The Morgan fingerprint density at radius 2 is 2.12 bits per heavy atom. The van der Waals surface area contributed by atoms with Crippen molar-refractivity contribution in [3.8, 4) is 0 Å². The number of hydrogen-bond acceptors (Lipinski definition) is 2. The molecular formula is C13H18ClNO. The summed E-state index contributed by atoms with van der Waals surface area (Å²) in [4.78, 5) is 0. The molecule has 1 aromatic carbocycles. The fourth-order valence-electron chi connectivity index (χ4n) is 2.22. The van der Waals surface area contributed by atoms with Crippen molar-refractivity contribution in [1.82, 2.24) is 5.32 Å². The van der Waals surface area contributed by atoms with Gasteiger partial charge in [-0.2, -0.15) is 0 Å². The molecule has 2 rings (SSSR count). The molecule has 1 unspecified atom stereocenters. The minimum atomic E-state index is -0.284. The number of halogens is 1. The van der Waals surface area contributed by atoms with E-state index in [1.54, 1.807) is 0 Å². The van der Waals surface area contributed by atoms with Gasteiger partial charge in [0.2, 0.25) is 0 Å². The summed E-state index contributed by atoms with van der Waals surface area (Å²) in [5, 5.41) is 4.20. The summed E-state index contributed by atoms with van der Waals surface area (Å²) in [5.41, 5.74) is 0.821. The van der Waals surface area contributed by atoms with E-state index in [0.717, 1.165) is 18.0 Å². The zero-order chi connectivity index (χ0) is 11.8. The van der Waals surface area contributed by atoms with Crippen LogP contribution in [0.4, 0.5) is 0 Å². The van der Waals surface area contributed by atoms with Gasteiger partial charge in [-0.05, 0) is 38.5 Å². The molecule has 1 aromatic rings. The molecule has 1 aliphatic rings. The Labute approximate surface area is 102 Å². The van der Waals surface area contributed by atoms with Crippen molar-refractivity contribution in [2.75, 3.05) is 6.54 Å². The van der Waals surface area contributed by atoms with E-state index in [2.05, 4.69) is 32.2 Å². The molecule has 1 atom stereocenters. The highest BCUT2D eigenvalue weighted by molar-refractivity contribution is 6.30. The molecule has 2 nitrogen and oxygen atoms in total. The third-order valence-electron chi connectivity index (χ3n) is 2.82. The van der Waals surface area contributed by atoms with Crippen LogP contribution in [0.2, 0.25) is 5.02 Å². The summed E-state index contributed by atoms with van der Waals surface area (Å²) in [5.74, 6) is 0. The van der Waals surface area contributed by atoms with Crippen molar-refractivity contribution in [2.24, 2.45) is 0 Å². The van der Waals surface area contributed by atoms with Gasteiger partial charge in [-0.15, -0.1) is 0 Å².